The van der Waals surface area contributed by atoms with E-state index in [4.69, 9.17) is 9.47 Å². The third kappa shape index (κ3) is 2.93. The van der Waals surface area contributed by atoms with Gasteiger partial charge in [0.2, 0.25) is 0 Å². The molecule has 21 heavy (non-hydrogen) atoms. The van der Waals surface area contributed by atoms with E-state index in [9.17, 15) is 0 Å². The van der Waals surface area contributed by atoms with Crippen LogP contribution < -0.4 is 0 Å². The summed E-state index contributed by atoms with van der Waals surface area (Å²) in [7, 11) is 0. The fourth-order valence-corrected chi connectivity index (χ4v) is 2.86. The second-order valence-electron chi connectivity index (χ2n) is 7.39. The lowest BCUT2D eigenvalue weighted by atomic mass is 9.84. The maximum Gasteiger partial charge on any atom is 0.194 e. The van der Waals surface area contributed by atoms with Crippen molar-refractivity contribution in [2.75, 3.05) is 6.61 Å². The van der Waals surface area contributed by atoms with E-state index in [1.807, 2.05) is 6.92 Å². The molecule has 1 aliphatic rings. The van der Waals surface area contributed by atoms with Crippen LogP contribution in [0.25, 0.3) is 5.57 Å². The summed E-state index contributed by atoms with van der Waals surface area (Å²) in [6.07, 6.45) is 2.18. The van der Waals surface area contributed by atoms with E-state index in [1.54, 1.807) is 0 Å². The van der Waals surface area contributed by atoms with Crippen molar-refractivity contribution in [1.29, 1.82) is 0 Å². The zero-order chi connectivity index (χ0) is 15.9. The maximum atomic E-state index is 6.42. The average Bonchev–Trinajstić information content (AvgIpc) is 2.63. The number of hydrogen-bond donors (Lipinski definition) is 0. The number of aryl methyl sites for hydroxylation is 1. The number of hydrogen-bond acceptors (Lipinski definition) is 2. The Hall–Kier alpha value is -1.12. The van der Waals surface area contributed by atoms with Crippen LogP contribution in [0.15, 0.2) is 30.3 Å². The lowest BCUT2D eigenvalue weighted by Crippen LogP contribution is -2.47. The van der Waals surface area contributed by atoms with Gasteiger partial charge in [-0.05, 0) is 44.9 Å². The van der Waals surface area contributed by atoms with Crippen LogP contribution in [0.1, 0.15) is 52.7 Å². The molecule has 0 radical (unpaired) electrons. The molecule has 0 bridgehead atoms. The molecular weight excluding hydrogens is 260 g/mol. The zero-order valence-electron chi connectivity index (χ0n) is 14.4. The predicted octanol–water partition coefficient (Wildman–Crippen LogP) is 4.97. The fraction of sp³-hybridized carbons (Fsp3) is 0.579. The summed E-state index contributed by atoms with van der Waals surface area (Å²) >= 11 is 0. The molecule has 1 aliphatic heterocycles. The quantitative estimate of drug-likeness (QED) is 0.782. The van der Waals surface area contributed by atoms with Crippen LogP contribution in [0, 0.1) is 12.3 Å². The molecule has 0 aliphatic carbocycles. The Kier molecular flexibility index (Phi) is 4.07. The Labute approximate surface area is 129 Å². The van der Waals surface area contributed by atoms with Crippen molar-refractivity contribution in [2.45, 2.75) is 59.9 Å². The van der Waals surface area contributed by atoms with E-state index < -0.39 is 5.79 Å². The van der Waals surface area contributed by atoms with E-state index in [0.29, 0.717) is 6.61 Å². The zero-order valence-corrected chi connectivity index (χ0v) is 14.4. The third-order valence-electron chi connectivity index (χ3n) is 4.16. The highest BCUT2D eigenvalue weighted by atomic mass is 16.7. The van der Waals surface area contributed by atoms with Crippen LogP contribution in [-0.4, -0.2) is 18.0 Å². The van der Waals surface area contributed by atoms with Gasteiger partial charge >= 0.3 is 0 Å². The van der Waals surface area contributed by atoms with Crippen molar-refractivity contribution >= 4 is 5.57 Å². The van der Waals surface area contributed by atoms with Crippen molar-refractivity contribution in [3.05, 3.63) is 41.5 Å². The second-order valence-corrected chi connectivity index (χ2v) is 7.39. The van der Waals surface area contributed by atoms with Gasteiger partial charge in [0.1, 0.15) is 0 Å². The first-order valence-electron chi connectivity index (χ1n) is 7.76. The van der Waals surface area contributed by atoms with Crippen molar-refractivity contribution in [2.24, 2.45) is 5.41 Å². The van der Waals surface area contributed by atoms with Gasteiger partial charge in [0.05, 0.1) is 5.60 Å². The molecule has 1 unspecified atom stereocenters. The molecule has 0 N–H and O–H groups in total. The van der Waals surface area contributed by atoms with Crippen LogP contribution in [0.5, 0.6) is 0 Å². The first-order valence-corrected chi connectivity index (χ1v) is 7.76. The monoisotopic (exact) mass is 288 g/mol. The number of benzene rings is 1. The van der Waals surface area contributed by atoms with Crippen LogP contribution in [0.4, 0.5) is 0 Å². The van der Waals surface area contributed by atoms with Crippen molar-refractivity contribution in [3.63, 3.8) is 0 Å². The molecule has 1 aromatic rings. The van der Waals surface area contributed by atoms with E-state index in [0.717, 1.165) is 0 Å². The lowest BCUT2D eigenvalue weighted by Gasteiger charge is -2.41. The SMILES string of the molecule is CCOC1(C(C)(C)C)C=C(c2ccc(C)cc2)C(C)(C)O1. The summed E-state index contributed by atoms with van der Waals surface area (Å²) in [6.45, 7) is 15.5. The minimum Gasteiger partial charge on any atom is -0.346 e. The van der Waals surface area contributed by atoms with Crippen LogP contribution in [0.3, 0.4) is 0 Å². The molecule has 2 rings (SSSR count). The van der Waals surface area contributed by atoms with E-state index in [-0.39, 0.29) is 11.0 Å². The summed E-state index contributed by atoms with van der Waals surface area (Å²) in [5, 5.41) is 0. The highest BCUT2D eigenvalue weighted by molar-refractivity contribution is 5.74. The van der Waals surface area contributed by atoms with Crippen LogP contribution in [-0.2, 0) is 9.47 Å². The summed E-state index contributed by atoms with van der Waals surface area (Å²) in [4.78, 5) is 0. The topological polar surface area (TPSA) is 18.5 Å². The number of ether oxygens (including phenoxy) is 2. The molecule has 2 nitrogen and oxygen atoms in total. The summed E-state index contributed by atoms with van der Waals surface area (Å²) in [5.74, 6) is -0.675. The molecular formula is C19H28O2. The Balaban J connectivity index is 2.52. The third-order valence-corrected chi connectivity index (χ3v) is 4.16. The molecule has 116 valence electrons. The van der Waals surface area contributed by atoms with Gasteiger partial charge in [-0.25, -0.2) is 0 Å². The van der Waals surface area contributed by atoms with Gasteiger partial charge in [-0.2, -0.15) is 0 Å². The predicted molar refractivity (Wildman–Crippen MR) is 88.1 cm³/mol. The maximum absolute atomic E-state index is 6.42. The van der Waals surface area contributed by atoms with Gasteiger partial charge in [-0.1, -0.05) is 50.6 Å². The summed E-state index contributed by atoms with van der Waals surface area (Å²) in [6, 6.07) is 8.61. The summed E-state index contributed by atoms with van der Waals surface area (Å²) in [5.41, 5.74) is 3.18. The minimum atomic E-state index is -0.675. The second kappa shape index (κ2) is 5.26. The van der Waals surface area contributed by atoms with Crippen LogP contribution in [0.2, 0.25) is 0 Å². The molecule has 0 fully saturated rings. The van der Waals surface area contributed by atoms with Gasteiger partial charge in [-0.3, -0.25) is 0 Å². The Bertz CT molecular complexity index is 532. The Morgan fingerprint density at radius 3 is 2.14 bits per heavy atom. The molecule has 0 saturated heterocycles. The van der Waals surface area contributed by atoms with Gasteiger partial charge in [0.15, 0.2) is 5.79 Å². The van der Waals surface area contributed by atoms with Gasteiger partial charge < -0.3 is 9.47 Å². The number of rotatable bonds is 3. The van der Waals surface area contributed by atoms with Gasteiger partial charge in [0, 0.05) is 12.0 Å². The molecule has 1 aromatic carbocycles. The normalized spacial score (nSPS) is 25.0. The molecule has 0 saturated carbocycles. The first-order chi connectivity index (χ1) is 9.61. The molecule has 2 heteroatoms. The average molecular weight is 288 g/mol. The smallest absolute Gasteiger partial charge is 0.194 e. The van der Waals surface area contributed by atoms with Crippen molar-refractivity contribution < 1.29 is 9.47 Å². The van der Waals surface area contributed by atoms with Crippen LogP contribution >= 0.6 is 0 Å². The van der Waals surface area contributed by atoms with Crippen molar-refractivity contribution in [1.82, 2.24) is 0 Å². The molecule has 0 spiro atoms. The Morgan fingerprint density at radius 1 is 1.10 bits per heavy atom. The largest absolute Gasteiger partial charge is 0.346 e. The van der Waals surface area contributed by atoms with Gasteiger partial charge in [-0.15, -0.1) is 0 Å². The van der Waals surface area contributed by atoms with E-state index in [2.05, 4.69) is 71.9 Å². The molecule has 0 aromatic heterocycles. The standard InChI is InChI=1S/C19H28O2/c1-8-20-19(17(3,4)5)13-16(18(6,7)21-19)15-11-9-14(2)10-12-15/h9-13H,8H2,1-7H3. The lowest BCUT2D eigenvalue weighted by molar-refractivity contribution is -0.272. The molecule has 1 atom stereocenters. The van der Waals surface area contributed by atoms with E-state index >= 15 is 0 Å². The highest BCUT2D eigenvalue weighted by Crippen LogP contribution is 2.50. The summed E-state index contributed by atoms with van der Waals surface area (Å²) < 4.78 is 12.5. The first kappa shape index (κ1) is 16.3. The van der Waals surface area contributed by atoms with Gasteiger partial charge in [0.25, 0.3) is 0 Å². The fourth-order valence-electron chi connectivity index (χ4n) is 2.86. The van der Waals surface area contributed by atoms with Crippen molar-refractivity contribution in [3.8, 4) is 0 Å². The molecule has 0 amide bonds. The van der Waals surface area contributed by atoms with E-state index in [1.165, 1.54) is 16.7 Å². The minimum absolute atomic E-state index is 0.132. The highest BCUT2D eigenvalue weighted by Gasteiger charge is 2.52. The Morgan fingerprint density at radius 2 is 1.67 bits per heavy atom. The molecule has 1 heterocycles.